The summed E-state index contributed by atoms with van der Waals surface area (Å²) in [6, 6.07) is 11.6. The monoisotopic (exact) mass is 416 g/mol. The first-order chi connectivity index (χ1) is 13.9. The molecule has 0 aliphatic rings. The average molecular weight is 416 g/mol. The molecule has 0 saturated heterocycles. The van der Waals surface area contributed by atoms with Crippen LogP contribution in [-0.4, -0.2) is 16.2 Å². The van der Waals surface area contributed by atoms with Crippen LogP contribution < -0.4 is 10.6 Å². The van der Waals surface area contributed by atoms with Crippen molar-refractivity contribution in [3.05, 3.63) is 65.4 Å². The molecule has 0 atom stereocenters. The first kappa shape index (κ1) is 21.4. The molecule has 5 nitrogen and oxygen atoms in total. The van der Waals surface area contributed by atoms with E-state index in [4.69, 9.17) is 0 Å². The van der Waals surface area contributed by atoms with Gasteiger partial charge in [0.15, 0.2) is 0 Å². The van der Waals surface area contributed by atoms with Crippen LogP contribution >= 0.6 is 0 Å². The first-order valence-electron chi connectivity index (χ1n) is 9.36. The molecule has 0 aliphatic heterocycles. The van der Waals surface area contributed by atoms with E-state index in [1.54, 1.807) is 6.92 Å². The molecule has 0 saturated carbocycles. The Balaban J connectivity index is 1.76. The molecule has 3 N–H and O–H groups in total. The van der Waals surface area contributed by atoms with Crippen molar-refractivity contribution in [1.29, 1.82) is 0 Å². The number of urea groups is 1. The van der Waals surface area contributed by atoms with Gasteiger partial charge >= 0.3 is 12.2 Å². The predicted molar refractivity (Wildman–Crippen MR) is 112 cm³/mol. The van der Waals surface area contributed by atoms with Crippen molar-refractivity contribution in [3.8, 4) is 11.3 Å². The number of alkyl halides is 3. The minimum atomic E-state index is -4.42. The lowest BCUT2D eigenvalue weighted by molar-refractivity contribution is -0.137. The number of anilines is 2. The summed E-state index contributed by atoms with van der Waals surface area (Å²) in [5.41, 5.74) is 3.23. The molecule has 1 heterocycles. The van der Waals surface area contributed by atoms with Gasteiger partial charge in [0.1, 0.15) is 5.69 Å². The number of nitrogens with one attached hydrogen (secondary N) is 3. The van der Waals surface area contributed by atoms with Gasteiger partial charge in [-0.3, -0.25) is 5.10 Å². The van der Waals surface area contributed by atoms with Gasteiger partial charge in [-0.2, -0.15) is 18.3 Å². The Labute approximate surface area is 172 Å². The van der Waals surface area contributed by atoms with Gasteiger partial charge in [0.05, 0.1) is 16.9 Å². The molecule has 8 heteroatoms. The lowest BCUT2D eigenvalue weighted by Crippen LogP contribution is -2.20. The average Bonchev–Trinajstić information content (AvgIpc) is 3.01. The number of rotatable bonds is 3. The minimum Gasteiger partial charge on any atom is -0.308 e. The third-order valence-electron chi connectivity index (χ3n) is 4.68. The Bertz CT molecular complexity index is 1030. The molecule has 1 aromatic heterocycles. The van der Waals surface area contributed by atoms with E-state index in [2.05, 4.69) is 41.6 Å². The number of benzene rings is 2. The summed E-state index contributed by atoms with van der Waals surface area (Å²) in [7, 11) is 0. The summed E-state index contributed by atoms with van der Waals surface area (Å²) < 4.78 is 38.0. The zero-order valence-corrected chi connectivity index (χ0v) is 17.1. The molecular formula is C22H23F3N4O. The van der Waals surface area contributed by atoms with Gasteiger partial charge in [0, 0.05) is 11.3 Å². The van der Waals surface area contributed by atoms with Crippen LogP contribution in [-0.2, 0) is 11.6 Å². The van der Waals surface area contributed by atoms with Gasteiger partial charge in [0.2, 0.25) is 0 Å². The second-order valence-electron chi connectivity index (χ2n) is 8.05. The Hall–Kier alpha value is -3.29. The van der Waals surface area contributed by atoms with Crippen molar-refractivity contribution in [2.24, 2.45) is 0 Å². The minimum absolute atomic E-state index is 0.0165. The summed E-state index contributed by atoms with van der Waals surface area (Å²) in [5.74, 6) is 0. The van der Waals surface area contributed by atoms with Crippen molar-refractivity contribution in [2.75, 3.05) is 10.6 Å². The number of amides is 2. The van der Waals surface area contributed by atoms with Crippen molar-refractivity contribution in [3.63, 3.8) is 0 Å². The summed E-state index contributed by atoms with van der Waals surface area (Å²) in [6.45, 7) is 8.14. The van der Waals surface area contributed by atoms with Gasteiger partial charge in [0.25, 0.3) is 0 Å². The largest absolute Gasteiger partial charge is 0.416 e. The molecule has 0 radical (unpaired) electrons. The van der Waals surface area contributed by atoms with Gasteiger partial charge in [-0.1, -0.05) is 45.0 Å². The highest BCUT2D eigenvalue weighted by atomic mass is 19.4. The lowest BCUT2D eigenvalue weighted by atomic mass is 9.86. The number of aromatic amines is 1. The third-order valence-corrected chi connectivity index (χ3v) is 4.68. The fourth-order valence-electron chi connectivity index (χ4n) is 2.94. The van der Waals surface area contributed by atoms with Crippen LogP contribution in [0.2, 0.25) is 0 Å². The van der Waals surface area contributed by atoms with Crippen molar-refractivity contribution in [2.45, 2.75) is 39.3 Å². The SMILES string of the molecule is Cc1[nH]nc(-c2ccc(C(C)(C)C)cc2)c1NC(=O)Nc1ccc(C(F)(F)F)cc1. The zero-order valence-electron chi connectivity index (χ0n) is 17.1. The van der Waals surface area contributed by atoms with Crippen LogP contribution in [0, 0.1) is 6.92 Å². The molecule has 0 bridgehead atoms. The van der Waals surface area contributed by atoms with Crippen LogP contribution in [0.5, 0.6) is 0 Å². The molecule has 0 spiro atoms. The van der Waals surface area contributed by atoms with E-state index < -0.39 is 17.8 Å². The maximum Gasteiger partial charge on any atom is 0.416 e. The number of halogens is 3. The highest BCUT2D eigenvalue weighted by Crippen LogP contribution is 2.32. The zero-order chi connectivity index (χ0) is 22.1. The molecule has 0 fully saturated rings. The second kappa shape index (κ2) is 7.85. The smallest absolute Gasteiger partial charge is 0.308 e. The normalized spacial score (nSPS) is 12.0. The maximum atomic E-state index is 12.7. The number of H-pyrrole nitrogens is 1. The number of aromatic nitrogens is 2. The molecular weight excluding hydrogens is 393 g/mol. The van der Waals surface area contributed by atoms with Crippen LogP contribution in [0.3, 0.4) is 0 Å². The van der Waals surface area contributed by atoms with E-state index in [0.717, 1.165) is 17.7 Å². The number of aryl methyl sites for hydroxylation is 1. The quantitative estimate of drug-likeness (QED) is 0.466. The number of carbonyl (C=O) groups excluding carboxylic acids is 1. The number of hydrogen-bond acceptors (Lipinski definition) is 2. The molecule has 2 aromatic carbocycles. The Morgan fingerprint density at radius 2 is 1.47 bits per heavy atom. The lowest BCUT2D eigenvalue weighted by Gasteiger charge is -2.19. The summed E-state index contributed by atoms with van der Waals surface area (Å²) >= 11 is 0. The Morgan fingerprint density at radius 3 is 2.00 bits per heavy atom. The predicted octanol–water partition coefficient (Wildman–Crippen LogP) is 6.35. The van der Waals surface area contributed by atoms with Gasteiger partial charge < -0.3 is 10.6 Å². The molecule has 3 rings (SSSR count). The van der Waals surface area contributed by atoms with Crippen LogP contribution in [0.1, 0.15) is 37.6 Å². The topological polar surface area (TPSA) is 69.8 Å². The fourth-order valence-corrected chi connectivity index (χ4v) is 2.94. The third kappa shape index (κ3) is 4.82. The number of carbonyl (C=O) groups is 1. The molecule has 0 unspecified atom stereocenters. The standard InChI is InChI=1S/C22H23F3N4O/c1-13-18(19(29-28-13)14-5-7-15(8-6-14)21(2,3)4)27-20(30)26-17-11-9-16(10-12-17)22(23,24)25/h5-12H,1-4H3,(H,28,29)(H2,26,27,30). The molecule has 2 amide bonds. The number of nitrogens with zero attached hydrogens (tertiary/aromatic N) is 1. The summed E-state index contributed by atoms with van der Waals surface area (Å²) in [6.07, 6.45) is -4.42. The van der Waals surface area contributed by atoms with Crippen molar-refractivity contribution < 1.29 is 18.0 Å². The van der Waals surface area contributed by atoms with Gasteiger partial charge in [-0.15, -0.1) is 0 Å². The van der Waals surface area contributed by atoms with Gasteiger partial charge in [-0.05, 0) is 42.2 Å². The fraction of sp³-hybridized carbons (Fsp3) is 0.273. The van der Waals surface area contributed by atoms with E-state index >= 15 is 0 Å². The second-order valence-corrected chi connectivity index (χ2v) is 8.05. The highest BCUT2D eigenvalue weighted by molar-refractivity contribution is 6.02. The molecule has 158 valence electrons. The van der Waals surface area contributed by atoms with E-state index in [0.29, 0.717) is 17.1 Å². The van der Waals surface area contributed by atoms with Gasteiger partial charge in [-0.25, -0.2) is 4.79 Å². The van der Waals surface area contributed by atoms with Crippen molar-refractivity contribution in [1.82, 2.24) is 10.2 Å². The van der Waals surface area contributed by atoms with Crippen molar-refractivity contribution >= 4 is 17.4 Å². The maximum absolute atomic E-state index is 12.7. The highest BCUT2D eigenvalue weighted by Gasteiger charge is 2.30. The van der Waals surface area contributed by atoms with E-state index in [-0.39, 0.29) is 11.1 Å². The van der Waals surface area contributed by atoms with E-state index in [1.807, 2.05) is 24.3 Å². The van der Waals surface area contributed by atoms with E-state index in [1.165, 1.54) is 17.7 Å². The Kier molecular flexibility index (Phi) is 5.61. The number of hydrogen-bond donors (Lipinski definition) is 3. The molecule has 30 heavy (non-hydrogen) atoms. The first-order valence-corrected chi connectivity index (χ1v) is 9.36. The molecule has 0 aliphatic carbocycles. The summed E-state index contributed by atoms with van der Waals surface area (Å²) in [5, 5.41) is 12.4. The summed E-state index contributed by atoms with van der Waals surface area (Å²) in [4.78, 5) is 12.4. The van der Waals surface area contributed by atoms with Crippen LogP contribution in [0.15, 0.2) is 48.5 Å². The van der Waals surface area contributed by atoms with E-state index in [9.17, 15) is 18.0 Å². The molecule has 3 aromatic rings. The Morgan fingerprint density at radius 1 is 0.900 bits per heavy atom. The van der Waals surface area contributed by atoms with Crippen LogP contribution in [0.4, 0.5) is 29.3 Å². The van der Waals surface area contributed by atoms with Crippen LogP contribution in [0.25, 0.3) is 11.3 Å².